The van der Waals surface area contributed by atoms with Gasteiger partial charge in [-0.3, -0.25) is 4.79 Å². The van der Waals surface area contributed by atoms with Gasteiger partial charge >= 0.3 is 0 Å². The SMILES string of the molecule is CCCOc1ccc(/C=C/C(=O)Nc2ccccc2C#N)cc1. The highest BCUT2D eigenvalue weighted by molar-refractivity contribution is 6.02. The van der Waals surface area contributed by atoms with Crippen LogP contribution in [0.3, 0.4) is 0 Å². The Labute approximate surface area is 136 Å². The van der Waals surface area contributed by atoms with E-state index in [9.17, 15) is 4.79 Å². The molecule has 0 saturated carbocycles. The van der Waals surface area contributed by atoms with Crippen LogP contribution in [0.25, 0.3) is 6.08 Å². The summed E-state index contributed by atoms with van der Waals surface area (Å²) in [7, 11) is 0. The standard InChI is InChI=1S/C19H18N2O2/c1-2-13-23-17-10-7-15(8-11-17)9-12-19(22)21-18-6-4-3-5-16(18)14-20/h3-12H,2,13H2,1H3,(H,21,22)/b12-9+. The Morgan fingerprint density at radius 1 is 1.22 bits per heavy atom. The molecule has 116 valence electrons. The molecule has 2 aromatic carbocycles. The van der Waals surface area contributed by atoms with Gasteiger partial charge in [0.25, 0.3) is 0 Å². The lowest BCUT2D eigenvalue weighted by atomic mass is 10.2. The molecule has 0 bridgehead atoms. The van der Waals surface area contributed by atoms with Crippen molar-refractivity contribution >= 4 is 17.7 Å². The van der Waals surface area contributed by atoms with Gasteiger partial charge in [-0.05, 0) is 42.3 Å². The summed E-state index contributed by atoms with van der Waals surface area (Å²) < 4.78 is 5.51. The van der Waals surface area contributed by atoms with Gasteiger partial charge in [0.15, 0.2) is 0 Å². The third kappa shape index (κ3) is 5.01. The van der Waals surface area contributed by atoms with Crippen LogP contribution in [0.5, 0.6) is 5.75 Å². The molecule has 0 fully saturated rings. The van der Waals surface area contributed by atoms with Gasteiger partial charge in [0.05, 0.1) is 17.9 Å². The normalized spacial score (nSPS) is 10.3. The third-order valence-corrected chi connectivity index (χ3v) is 3.09. The second kappa shape index (κ2) is 8.40. The molecule has 2 rings (SSSR count). The van der Waals surface area contributed by atoms with Crippen molar-refractivity contribution in [2.45, 2.75) is 13.3 Å². The van der Waals surface area contributed by atoms with E-state index in [1.807, 2.05) is 30.3 Å². The fraction of sp³-hybridized carbons (Fsp3) is 0.158. The Balaban J connectivity index is 1.97. The van der Waals surface area contributed by atoms with E-state index in [1.165, 1.54) is 6.08 Å². The van der Waals surface area contributed by atoms with Crippen LogP contribution in [0.15, 0.2) is 54.6 Å². The topological polar surface area (TPSA) is 62.1 Å². The van der Waals surface area contributed by atoms with Crippen LogP contribution in [0.2, 0.25) is 0 Å². The predicted octanol–water partition coefficient (Wildman–Crippen LogP) is 4.00. The molecule has 0 aliphatic carbocycles. The lowest BCUT2D eigenvalue weighted by Gasteiger charge is -2.05. The highest BCUT2D eigenvalue weighted by Crippen LogP contribution is 2.15. The number of para-hydroxylation sites is 1. The molecule has 4 nitrogen and oxygen atoms in total. The Morgan fingerprint density at radius 2 is 1.96 bits per heavy atom. The van der Waals surface area contributed by atoms with Crippen LogP contribution in [-0.2, 0) is 4.79 Å². The first kappa shape index (κ1) is 16.3. The molecule has 0 saturated heterocycles. The van der Waals surface area contributed by atoms with Crippen LogP contribution in [0.4, 0.5) is 5.69 Å². The van der Waals surface area contributed by atoms with E-state index < -0.39 is 0 Å². The lowest BCUT2D eigenvalue weighted by Crippen LogP contribution is -2.08. The number of nitriles is 1. The van der Waals surface area contributed by atoms with Gasteiger partial charge in [-0.2, -0.15) is 5.26 Å². The summed E-state index contributed by atoms with van der Waals surface area (Å²) in [5.74, 6) is 0.537. The second-order valence-electron chi connectivity index (χ2n) is 4.90. The zero-order valence-corrected chi connectivity index (χ0v) is 13.0. The average molecular weight is 306 g/mol. The van der Waals surface area contributed by atoms with Crippen LogP contribution in [0.1, 0.15) is 24.5 Å². The smallest absolute Gasteiger partial charge is 0.248 e. The maximum absolute atomic E-state index is 11.9. The van der Waals surface area contributed by atoms with Crippen molar-refractivity contribution < 1.29 is 9.53 Å². The molecule has 0 radical (unpaired) electrons. The van der Waals surface area contributed by atoms with Crippen molar-refractivity contribution in [3.8, 4) is 11.8 Å². The molecule has 0 aliphatic heterocycles. The predicted molar refractivity (Wildman–Crippen MR) is 91.0 cm³/mol. The average Bonchev–Trinajstić information content (AvgIpc) is 2.59. The summed E-state index contributed by atoms with van der Waals surface area (Å²) in [6.07, 6.45) is 4.12. The van der Waals surface area contributed by atoms with E-state index in [4.69, 9.17) is 10.00 Å². The fourth-order valence-electron chi connectivity index (χ4n) is 1.93. The number of nitrogens with one attached hydrogen (secondary N) is 1. The molecular weight excluding hydrogens is 288 g/mol. The molecule has 0 unspecified atom stereocenters. The lowest BCUT2D eigenvalue weighted by molar-refractivity contribution is -0.111. The summed E-state index contributed by atoms with van der Waals surface area (Å²) in [4.78, 5) is 11.9. The van der Waals surface area contributed by atoms with Crippen molar-refractivity contribution in [3.05, 3.63) is 65.7 Å². The Hall–Kier alpha value is -3.06. The zero-order chi connectivity index (χ0) is 16.5. The fourth-order valence-corrected chi connectivity index (χ4v) is 1.93. The molecule has 4 heteroatoms. The molecule has 23 heavy (non-hydrogen) atoms. The first-order valence-electron chi connectivity index (χ1n) is 7.44. The van der Waals surface area contributed by atoms with Crippen molar-refractivity contribution in [3.63, 3.8) is 0 Å². The number of nitrogens with zero attached hydrogens (tertiary/aromatic N) is 1. The van der Waals surface area contributed by atoms with E-state index in [0.717, 1.165) is 17.7 Å². The van der Waals surface area contributed by atoms with E-state index >= 15 is 0 Å². The number of carbonyl (C=O) groups is 1. The summed E-state index contributed by atoms with van der Waals surface area (Å²) in [6, 6.07) is 16.5. The second-order valence-corrected chi connectivity index (χ2v) is 4.90. The molecule has 1 amide bonds. The number of amides is 1. The van der Waals surface area contributed by atoms with Gasteiger partial charge in [-0.15, -0.1) is 0 Å². The molecule has 2 aromatic rings. The number of rotatable bonds is 6. The first-order valence-corrected chi connectivity index (χ1v) is 7.44. The van der Waals surface area contributed by atoms with E-state index in [2.05, 4.69) is 12.2 Å². The van der Waals surface area contributed by atoms with Crippen molar-refractivity contribution in [1.82, 2.24) is 0 Å². The van der Waals surface area contributed by atoms with E-state index in [1.54, 1.807) is 30.3 Å². The number of hydrogen-bond acceptors (Lipinski definition) is 3. The zero-order valence-electron chi connectivity index (χ0n) is 13.0. The van der Waals surface area contributed by atoms with Crippen molar-refractivity contribution in [2.24, 2.45) is 0 Å². The molecule has 1 N–H and O–H groups in total. The minimum absolute atomic E-state index is 0.279. The Morgan fingerprint density at radius 3 is 2.65 bits per heavy atom. The van der Waals surface area contributed by atoms with Gasteiger partial charge in [-0.25, -0.2) is 0 Å². The quantitative estimate of drug-likeness (QED) is 0.820. The highest BCUT2D eigenvalue weighted by Gasteiger charge is 2.03. The molecule has 0 aliphatic rings. The molecule has 0 spiro atoms. The maximum atomic E-state index is 11.9. The molecule has 0 heterocycles. The minimum Gasteiger partial charge on any atom is -0.494 e. The summed E-state index contributed by atoms with van der Waals surface area (Å²) in [5, 5.41) is 11.7. The largest absolute Gasteiger partial charge is 0.494 e. The van der Waals surface area contributed by atoms with Crippen molar-refractivity contribution in [1.29, 1.82) is 5.26 Å². The molecular formula is C19H18N2O2. The van der Waals surface area contributed by atoms with E-state index in [-0.39, 0.29) is 5.91 Å². The summed E-state index contributed by atoms with van der Waals surface area (Å²) >= 11 is 0. The molecule has 0 aromatic heterocycles. The van der Waals surface area contributed by atoms with Gasteiger partial charge in [-0.1, -0.05) is 31.2 Å². The number of benzene rings is 2. The van der Waals surface area contributed by atoms with Crippen LogP contribution in [-0.4, -0.2) is 12.5 Å². The Bertz CT molecular complexity index is 728. The highest BCUT2D eigenvalue weighted by atomic mass is 16.5. The van der Waals surface area contributed by atoms with Crippen LogP contribution in [0, 0.1) is 11.3 Å². The van der Waals surface area contributed by atoms with E-state index in [0.29, 0.717) is 17.9 Å². The number of hydrogen-bond donors (Lipinski definition) is 1. The van der Waals surface area contributed by atoms with Gasteiger partial charge < -0.3 is 10.1 Å². The minimum atomic E-state index is -0.279. The van der Waals surface area contributed by atoms with Crippen LogP contribution >= 0.6 is 0 Å². The number of anilines is 1. The molecule has 0 atom stereocenters. The Kier molecular flexibility index (Phi) is 5.96. The van der Waals surface area contributed by atoms with Gasteiger partial charge in [0.2, 0.25) is 5.91 Å². The van der Waals surface area contributed by atoms with Crippen molar-refractivity contribution in [2.75, 3.05) is 11.9 Å². The first-order chi connectivity index (χ1) is 11.2. The summed E-state index contributed by atoms with van der Waals surface area (Å²) in [6.45, 7) is 2.75. The summed E-state index contributed by atoms with van der Waals surface area (Å²) in [5.41, 5.74) is 1.84. The van der Waals surface area contributed by atoms with Crippen LogP contribution < -0.4 is 10.1 Å². The number of carbonyl (C=O) groups excluding carboxylic acids is 1. The monoisotopic (exact) mass is 306 g/mol. The maximum Gasteiger partial charge on any atom is 0.248 e. The third-order valence-electron chi connectivity index (χ3n) is 3.09. The van der Waals surface area contributed by atoms with Gasteiger partial charge in [0, 0.05) is 6.08 Å². The number of ether oxygens (including phenoxy) is 1. The van der Waals surface area contributed by atoms with Gasteiger partial charge in [0.1, 0.15) is 11.8 Å².